The molecule has 0 fully saturated rings. The normalized spacial score (nSPS) is 11.4. The lowest BCUT2D eigenvalue weighted by molar-refractivity contribution is -0.697. The summed E-state index contributed by atoms with van der Waals surface area (Å²) in [4.78, 5) is 0. The molecule has 0 saturated carbocycles. The van der Waals surface area contributed by atoms with Crippen LogP contribution in [0.4, 0.5) is 0 Å². The van der Waals surface area contributed by atoms with Crippen LogP contribution < -0.4 is 4.57 Å². The molecule has 1 nitrogen and oxygen atoms in total. The number of unbranched alkanes of at least 4 members (excludes halogenated alkanes) is 23. The zero-order valence-corrected chi connectivity index (χ0v) is 24.3. The molecule has 0 atom stereocenters. The largest absolute Gasteiger partial charge is 0.205 e. The van der Waals surface area contributed by atoms with Gasteiger partial charge in [0.2, 0.25) is 0 Å². The summed E-state index contributed by atoms with van der Waals surface area (Å²) in [5.41, 5.74) is 1.54. The number of aromatic nitrogens is 1. The zero-order chi connectivity index (χ0) is 25.1. The molecule has 0 saturated heterocycles. The molecule has 1 heterocycles. The van der Waals surface area contributed by atoms with Gasteiger partial charge in [0, 0.05) is 18.1 Å². The Labute approximate surface area is 221 Å². The fraction of sp³-hybridized carbons (Fsp3) is 0.853. The predicted octanol–water partition coefficient (Wildman–Crippen LogP) is 11.3. The summed E-state index contributed by atoms with van der Waals surface area (Å²) in [5.74, 6) is 0. The van der Waals surface area contributed by atoms with Crippen molar-refractivity contribution in [1.82, 2.24) is 0 Å². The number of pyridine rings is 1. The number of rotatable bonds is 27. The van der Waals surface area contributed by atoms with Crippen molar-refractivity contribution in [3.8, 4) is 0 Å². The lowest BCUT2D eigenvalue weighted by Crippen LogP contribution is -2.33. The van der Waals surface area contributed by atoms with Crippen LogP contribution in [0.25, 0.3) is 0 Å². The average molecular weight is 487 g/mol. The van der Waals surface area contributed by atoms with Crippen molar-refractivity contribution in [3.63, 3.8) is 0 Å². The molecule has 0 aliphatic rings. The van der Waals surface area contributed by atoms with Crippen LogP contribution in [0.15, 0.2) is 24.5 Å². The van der Waals surface area contributed by atoms with Crippen molar-refractivity contribution in [1.29, 1.82) is 0 Å². The Morgan fingerprint density at radius 3 is 1.26 bits per heavy atom. The summed E-state index contributed by atoms with van der Waals surface area (Å²) >= 11 is 0. The van der Waals surface area contributed by atoms with E-state index in [1.807, 2.05) is 0 Å². The second-order valence-electron chi connectivity index (χ2n) is 11.3. The van der Waals surface area contributed by atoms with Gasteiger partial charge in [-0.25, -0.2) is 4.57 Å². The quantitative estimate of drug-likeness (QED) is 0.0859. The van der Waals surface area contributed by atoms with E-state index in [2.05, 4.69) is 42.9 Å². The molecule has 204 valence electrons. The topological polar surface area (TPSA) is 3.88 Å². The summed E-state index contributed by atoms with van der Waals surface area (Å²) in [6.07, 6.45) is 41.8. The van der Waals surface area contributed by atoms with Gasteiger partial charge in [-0.3, -0.25) is 0 Å². The van der Waals surface area contributed by atoms with E-state index >= 15 is 0 Å². The molecular formula is C34H64N+. The molecule has 0 aliphatic heterocycles. The van der Waals surface area contributed by atoms with Crippen LogP contribution in [0.5, 0.6) is 0 Å². The van der Waals surface area contributed by atoms with E-state index in [1.165, 1.54) is 179 Å². The first-order valence-corrected chi connectivity index (χ1v) is 16.3. The van der Waals surface area contributed by atoms with Crippen LogP contribution in [0.1, 0.15) is 180 Å². The van der Waals surface area contributed by atoms with Gasteiger partial charge in [0.25, 0.3) is 0 Å². The molecule has 1 rings (SSSR count). The van der Waals surface area contributed by atoms with Crippen LogP contribution in [-0.4, -0.2) is 0 Å². The first-order chi connectivity index (χ1) is 17.4. The minimum absolute atomic E-state index is 1.20. The monoisotopic (exact) mass is 487 g/mol. The third kappa shape index (κ3) is 22.1. The number of hydrogen-bond acceptors (Lipinski definition) is 0. The van der Waals surface area contributed by atoms with Crippen LogP contribution in [0, 0.1) is 0 Å². The summed E-state index contributed by atoms with van der Waals surface area (Å²) in [6.45, 7) is 5.80. The smallest absolute Gasteiger partial charge is 0.171 e. The lowest BCUT2D eigenvalue weighted by atomic mass is 10.0. The Kier molecular flexibility index (Phi) is 24.1. The third-order valence-corrected chi connectivity index (χ3v) is 7.76. The van der Waals surface area contributed by atoms with Crippen molar-refractivity contribution in [2.24, 2.45) is 0 Å². The molecule has 0 aromatic carbocycles. The predicted molar refractivity (Wildman–Crippen MR) is 157 cm³/mol. The minimum atomic E-state index is 1.20. The maximum Gasteiger partial charge on any atom is 0.171 e. The van der Waals surface area contributed by atoms with Crippen molar-refractivity contribution >= 4 is 0 Å². The summed E-state index contributed by atoms with van der Waals surface area (Å²) < 4.78 is 2.44. The Morgan fingerprint density at radius 1 is 0.457 bits per heavy atom. The molecule has 0 radical (unpaired) electrons. The standard InChI is InChI=1S/C34H64N/c1-3-5-7-9-11-13-15-16-17-18-20-22-24-26-29-34-30-28-32-35(33-34)31-27-25-23-21-19-14-12-10-8-6-4-2/h28,30,32-33H,3-27,29,31H2,1-2H3/q+1. The average Bonchev–Trinajstić information content (AvgIpc) is 2.88. The molecule has 1 aromatic rings. The van der Waals surface area contributed by atoms with E-state index in [0.717, 1.165) is 0 Å². The summed E-state index contributed by atoms with van der Waals surface area (Å²) in [5, 5.41) is 0. The maximum absolute atomic E-state index is 2.44. The fourth-order valence-corrected chi connectivity index (χ4v) is 5.35. The zero-order valence-electron chi connectivity index (χ0n) is 24.3. The van der Waals surface area contributed by atoms with E-state index in [0.29, 0.717) is 0 Å². The van der Waals surface area contributed by atoms with Gasteiger partial charge in [0.15, 0.2) is 12.4 Å². The molecule has 0 bridgehead atoms. The first-order valence-electron chi connectivity index (χ1n) is 16.3. The SMILES string of the molecule is CCCCCCCCCCCCCCCCc1ccc[n+](CCCCCCCCCCCCC)c1. The summed E-state index contributed by atoms with van der Waals surface area (Å²) in [7, 11) is 0. The highest BCUT2D eigenvalue weighted by Gasteiger charge is 2.03. The van der Waals surface area contributed by atoms with Gasteiger partial charge in [0.1, 0.15) is 6.54 Å². The highest BCUT2D eigenvalue weighted by molar-refractivity contribution is 5.05. The van der Waals surface area contributed by atoms with E-state index < -0.39 is 0 Å². The van der Waals surface area contributed by atoms with E-state index in [4.69, 9.17) is 0 Å². The summed E-state index contributed by atoms with van der Waals surface area (Å²) in [6, 6.07) is 4.59. The molecule has 0 unspecified atom stereocenters. The molecule has 1 aromatic heterocycles. The fourth-order valence-electron chi connectivity index (χ4n) is 5.35. The molecule has 0 aliphatic carbocycles. The van der Waals surface area contributed by atoms with Crippen molar-refractivity contribution in [2.45, 2.75) is 187 Å². The van der Waals surface area contributed by atoms with Gasteiger partial charge in [-0.1, -0.05) is 155 Å². The first kappa shape index (κ1) is 32.2. The van der Waals surface area contributed by atoms with Crippen LogP contribution in [-0.2, 0) is 13.0 Å². The van der Waals surface area contributed by atoms with Crippen LogP contribution in [0.3, 0.4) is 0 Å². The van der Waals surface area contributed by atoms with E-state index in [1.54, 1.807) is 0 Å². The molecular weight excluding hydrogens is 422 g/mol. The Morgan fingerprint density at radius 2 is 0.829 bits per heavy atom. The molecule has 0 spiro atoms. The Hall–Kier alpha value is -0.850. The minimum Gasteiger partial charge on any atom is -0.205 e. The van der Waals surface area contributed by atoms with Gasteiger partial charge in [-0.2, -0.15) is 0 Å². The van der Waals surface area contributed by atoms with Gasteiger partial charge in [0.05, 0.1) is 0 Å². The Bertz CT molecular complexity index is 537. The van der Waals surface area contributed by atoms with Crippen molar-refractivity contribution in [2.75, 3.05) is 0 Å². The second kappa shape index (κ2) is 26.2. The third-order valence-electron chi connectivity index (χ3n) is 7.76. The molecule has 1 heteroatoms. The molecule has 0 amide bonds. The number of aryl methyl sites for hydroxylation is 2. The van der Waals surface area contributed by atoms with E-state index in [-0.39, 0.29) is 0 Å². The lowest BCUT2D eigenvalue weighted by Gasteiger charge is -2.04. The van der Waals surface area contributed by atoms with E-state index in [9.17, 15) is 0 Å². The van der Waals surface area contributed by atoms with Crippen molar-refractivity contribution in [3.05, 3.63) is 30.1 Å². The maximum atomic E-state index is 2.44. The molecule has 0 N–H and O–H groups in total. The van der Waals surface area contributed by atoms with Crippen LogP contribution >= 0.6 is 0 Å². The van der Waals surface area contributed by atoms with Gasteiger partial charge in [-0.05, 0) is 25.3 Å². The highest BCUT2D eigenvalue weighted by atomic mass is 14.9. The van der Waals surface area contributed by atoms with Crippen molar-refractivity contribution < 1.29 is 4.57 Å². The number of hydrogen-bond donors (Lipinski definition) is 0. The molecule has 35 heavy (non-hydrogen) atoms. The van der Waals surface area contributed by atoms with Crippen LogP contribution in [0.2, 0.25) is 0 Å². The highest BCUT2D eigenvalue weighted by Crippen LogP contribution is 2.14. The van der Waals surface area contributed by atoms with Gasteiger partial charge >= 0.3 is 0 Å². The van der Waals surface area contributed by atoms with Gasteiger partial charge < -0.3 is 0 Å². The Balaban J connectivity index is 1.90. The van der Waals surface area contributed by atoms with Gasteiger partial charge in [-0.15, -0.1) is 0 Å². The number of nitrogens with zero attached hydrogens (tertiary/aromatic N) is 1. The second-order valence-corrected chi connectivity index (χ2v) is 11.3.